The van der Waals surface area contributed by atoms with Crippen molar-refractivity contribution in [3.8, 4) is 0 Å². The Hall–Kier alpha value is -0.0400. The number of hydrogen-bond acceptors (Lipinski definition) is 1. The van der Waals surface area contributed by atoms with Crippen LogP contribution < -0.4 is 0 Å². The van der Waals surface area contributed by atoms with E-state index in [4.69, 9.17) is 0 Å². The van der Waals surface area contributed by atoms with Gasteiger partial charge in [0, 0.05) is 6.61 Å². The molecule has 0 heterocycles. The van der Waals surface area contributed by atoms with Crippen LogP contribution in [0.5, 0.6) is 0 Å². The molecule has 1 fully saturated rings. The van der Waals surface area contributed by atoms with Crippen molar-refractivity contribution in [3.63, 3.8) is 0 Å². The first-order valence-corrected chi connectivity index (χ1v) is 5.35. The first-order chi connectivity index (χ1) is 5.75. The highest BCUT2D eigenvalue weighted by molar-refractivity contribution is 4.99. The Morgan fingerprint density at radius 1 is 1.17 bits per heavy atom. The molecule has 1 heteroatoms. The molecule has 0 amide bonds. The van der Waals surface area contributed by atoms with E-state index in [1.807, 2.05) is 0 Å². The van der Waals surface area contributed by atoms with Gasteiger partial charge in [0.05, 0.1) is 0 Å². The Morgan fingerprint density at radius 2 is 1.67 bits per heavy atom. The zero-order valence-electron chi connectivity index (χ0n) is 8.64. The van der Waals surface area contributed by atoms with Crippen LogP contribution in [0.4, 0.5) is 0 Å². The fourth-order valence-electron chi connectivity index (χ4n) is 3.08. The van der Waals surface area contributed by atoms with Crippen molar-refractivity contribution in [2.24, 2.45) is 17.3 Å². The number of hydrogen-bond donors (Lipinski definition) is 1. The first kappa shape index (κ1) is 10.0. The average molecular weight is 170 g/mol. The van der Waals surface area contributed by atoms with Crippen molar-refractivity contribution in [3.05, 3.63) is 0 Å². The van der Waals surface area contributed by atoms with E-state index < -0.39 is 0 Å². The Morgan fingerprint density at radius 3 is 1.92 bits per heavy atom. The zero-order chi connectivity index (χ0) is 9.19. The van der Waals surface area contributed by atoms with E-state index in [-0.39, 0.29) is 0 Å². The summed E-state index contributed by atoms with van der Waals surface area (Å²) >= 11 is 0. The Bertz CT molecular complexity index is 126. The fourth-order valence-corrected chi connectivity index (χ4v) is 3.08. The Labute approximate surface area is 76.2 Å². The van der Waals surface area contributed by atoms with Crippen molar-refractivity contribution in [2.75, 3.05) is 6.61 Å². The number of rotatable bonds is 4. The molecule has 0 saturated heterocycles. The molecule has 0 radical (unpaired) electrons. The van der Waals surface area contributed by atoms with Crippen LogP contribution in [-0.4, -0.2) is 11.7 Å². The van der Waals surface area contributed by atoms with Gasteiger partial charge in [0.15, 0.2) is 0 Å². The van der Waals surface area contributed by atoms with Crippen LogP contribution in [0.1, 0.15) is 46.5 Å². The zero-order valence-corrected chi connectivity index (χ0v) is 8.64. The molecule has 0 bridgehead atoms. The number of aliphatic hydroxyl groups is 1. The van der Waals surface area contributed by atoms with Crippen molar-refractivity contribution < 1.29 is 5.11 Å². The lowest BCUT2D eigenvalue weighted by Gasteiger charge is -2.55. The van der Waals surface area contributed by atoms with E-state index in [1.165, 1.54) is 19.3 Å². The van der Waals surface area contributed by atoms with Crippen LogP contribution >= 0.6 is 0 Å². The number of aliphatic hydroxyl groups excluding tert-OH is 1. The molecule has 1 saturated carbocycles. The van der Waals surface area contributed by atoms with Gasteiger partial charge in [-0.25, -0.2) is 0 Å². The van der Waals surface area contributed by atoms with Gasteiger partial charge in [0.2, 0.25) is 0 Å². The summed E-state index contributed by atoms with van der Waals surface area (Å²) in [5, 5.41) is 9.44. The van der Waals surface area contributed by atoms with E-state index in [0.29, 0.717) is 12.0 Å². The predicted molar refractivity (Wildman–Crippen MR) is 52.0 cm³/mol. The monoisotopic (exact) mass is 170 g/mol. The van der Waals surface area contributed by atoms with Crippen LogP contribution in [0, 0.1) is 17.3 Å². The van der Waals surface area contributed by atoms with Gasteiger partial charge in [0.1, 0.15) is 0 Å². The predicted octanol–water partition coefficient (Wildman–Crippen LogP) is 2.83. The van der Waals surface area contributed by atoms with E-state index in [1.54, 1.807) is 0 Å². The topological polar surface area (TPSA) is 20.2 Å². The summed E-state index contributed by atoms with van der Waals surface area (Å²) in [4.78, 5) is 0. The molecule has 72 valence electrons. The van der Waals surface area contributed by atoms with Crippen LogP contribution in [0.15, 0.2) is 0 Å². The summed E-state index contributed by atoms with van der Waals surface area (Å²) in [5.41, 5.74) is 0.295. The molecule has 0 aromatic carbocycles. The molecular formula is C11H22O. The van der Waals surface area contributed by atoms with Crippen molar-refractivity contribution in [2.45, 2.75) is 46.5 Å². The summed E-state index contributed by atoms with van der Waals surface area (Å²) in [6.07, 6.45) is 4.98. The Balaban J connectivity index is 2.65. The SMILES string of the molecule is CCC1CC(CC)C1(CC)CO. The van der Waals surface area contributed by atoms with Crippen molar-refractivity contribution in [1.29, 1.82) is 0 Å². The van der Waals surface area contributed by atoms with E-state index in [0.717, 1.165) is 18.3 Å². The van der Waals surface area contributed by atoms with Crippen LogP contribution in [0.3, 0.4) is 0 Å². The van der Waals surface area contributed by atoms with Crippen molar-refractivity contribution >= 4 is 0 Å². The molecule has 12 heavy (non-hydrogen) atoms. The molecule has 0 aromatic rings. The highest BCUT2D eigenvalue weighted by atomic mass is 16.3. The molecule has 1 rings (SSSR count). The molecule has 1 nitrogen and oxygen atoms in total. The lowest BCUT2D eigenvalue weighted by Crippen LogP contribution is -2.50. The second-order valence-electron chi connectivity index (χ2n) is 4.19. The minimum Gasteiger partial charge on any atom is -0.396 e. The molecule has 2 unspecified atom stereocenters. The lowest BCUT2D eigenvalue weighted by molar-refractivity contribution is -0.0998. The summed E-state index contributed by atoms with van der Waals surface area (Å²) < 4.78 is 0. The highest BCUT2D eigenvalue weighted by Crippen LogP contribution is 2.56. The maximum Gasteiger partial charge on any atom is 0.0492 e. The van der Waals surface area contributed by atoms with Gasteiger partial charge in [-0.3, -0.25) is 0 Å². The summed E-state index contributed by atoms with van der Waals surface area (Å²) in [6, 6.07) is 0. The van der Waals surface area contributed by atoms with Crippen molar-refractivity contribution in [1.82, 2.24) is 0 Å². The van der Waals surface area contributed by atoms with Gasteiger partial charge in [0.25, 0.3) is 0 Å². The molecule has 1 N–H and O–H groups in total. The van der Waals surface area contributed by atoms with Gasteiger partial charge in [-0.05, 0) is 30.1 Å². The molecule has 0 spiro atoms. The van der Waals surface area contributed by atoms with E-state index >= 15 is 0 Å². The first-order valence-electron chi connectivity index (χ1n) is 5.35. The van der Waals surface area contributed by atoms with Crippen LogP contribution in [-0.2, 0) is 0 Å². The minimum absolute atomic E-state index is 0.295. The third-order valence-electron chi connectivity index (χ3n) is 4.13. The van der Waals surface area contributed by atoms with Crippen LogP contribution in [0.2, 0.25) is 0 Å². The van der Waals surface area contributed by atoms with Gasteiger partial charge in [-0.15, -0.1) is 0 Å². The maximum absolute atomic E-state index is 9.44. The molecule has 1 aliphatic carbocycles. The Kier molecular flexibility index (Phi) is 3.16. The van der Waals surface area contributed by atoms with Gasteiger partial charge in [-0.1, -0.05) is 33.6 Å². The molecule has 0 aromatic heterocycles. The summed E-state index contributed by atoms with van der Waals surface area (Å²) in [7, 11) is 0. The highest BCUT2D eigenvalue weighted by Gasteiger charge is 2.50. The van der Waals surface area contributed by atoms with Crippen LogP contribution in [0.25, 0.3) is 0 Å². The fraction of sp³-hybridized carbons (Fsp3) is 1.00. The molecule has 0 aliphatic heterocycles. The molecule has 1 aliphatic rings. The average Bonchev–Trinajstić information content (AvgIpc) is 2.07. The van der Waals surface area contributed by atoms with Gasteiger partial charge < -0.3 is 5.11 Å². The minimum atomic E-state index is 0.295. The smallest absolute Gasteiger partial charge is 0.0492 e. The third kappa shape index (κ3) is 1.19. The quantitative estimate of drug-likeness (QED) is 0.688. The molecular weight excluding hydrogens is 148 g/mol. The normalized spacial score (nSPS) is 41.0. The second kappa shape index (κ2) is 3.78. The van der Waals surface area contributed by atoms with Gasteiger partial charge >= 0.3 is 0 Å². The second-order valence-corrected chi connectivity index (χ2v) is 4.19. The maximum atomic E-state index is 9.44. The summed E-state index contributed by atoms with van der Waals surface area (Å²) in [5.74, 6) is 1.58. The van der Waals surface area contributed by atoms with Gasteiger partial charge in [-0.2, -0.15) is 0 Å². The van der Waals surface area contributed by atoms with E-state index in [9.17, 15) is 5.11 Å². The lowest BCUT2D eigenvalue weighted by atomic mass is 9.50. The standard InChI is InChI=1S/C11H22O/c1-4-9-7-10(5-2)11(9,6-3)8-12/h9-10,12H,4-8H2,1-3H3. The molecule has 2 atom stereocenters. The largest absolute Gasteiger partial charge is 0.396 e. The van der Waals surface area contributed by atoms with E-state index in [2.05, 4.69) is 20.8 Å². The third-order valence-corrected chi connectivity index (χ3v) is 4.13. The summed E-state index contributed by atoms with van der Waals surface area (Å²) in [6.45, 7) is 7.12.